The van der Waals surface area contributed by atoms with E-state index in [-0.39, 0.29) is 11.7 Å². The molecular formula is C33H29ClN4O2. The Balaban J connectivity index is 1.48. The lowest BCUT2D eigenvalue weighted by atomic mass is 10.0. The molecule has 0 bridgehead atoms. The molecule has 2 aromatic heterocycles. The zero-order chi connectivity index (χ0) is 28.1. The van der Waals surface area contributed by atoms with Crippen LogP contribution >= 0.6 is 11.6 Å². The summed E-state index contributed by atoms with van der Waals surface area (Å²) in [5.41, 5.74) is 7.35. The Labute approximate surface area is 238 Å². The van der Waals surface area contributed by atoms with Crippen molar-refractivity contribution >= 4 is 23.3 Å². The van der Waals surface area contributed by atoms with Crippen molar-refractivity contribution < 1.29 is 9.59 Å². The van der Waals surface area contributed by atoms with Crippen molar-refractivity contribution in [3.63, 3.8) is 0 Å². The summed E-state index contributed by atoms with van der Waals surface area (Å²) in [6.07, 6.45) is 5.31. The van der Waals surface area contributed by atoms with E-state index < -0.39 is 0 Å². The topological polar surface area (TPSA) is 79.8 Å². The Morgan fingerprint density at radius 1 is 0.925 bits per heavy atom. The third-order valence-corrected chi connectivity index (χ3v) is 6.86. The molecule has 0 saturated heterocycles. The zero-order valence-corrected chi connectivity index (χ0v) is 23.1. The van der Waals surface area contributed by atoms with E-state index in [0.717, 1.165) is 39.1 Å². The summed E-state index contributed by atoms with van der Waals surface area (Å²) in [6.45, 7) is 4.66. The van der Waals surface area contributed by atoms with Crippen LogP contribution in [-0.4, -0.2) is 26.5 Å². The summed E-state index contributed by atoms with van der Waals surface area (Å²) < 4.78 is 1.92. The molecular weight excluding hydrogens is 520 g/mol. The fourth-order valence-electron chi connectivity index (χ4n) is 4.54. The molecule has 1 amide bonds. The first-order valence-electron chi connectivity index (χ1n) is 13.0. The van der Waals surface area contributed by atoms with Crippen LogP contribution in [0.15, 0.2) is 109 Å². The van der Waals surface area contributed by atoms with Gasteiger partial charge in [0.25, 0.3) is 5.91 Å². The van der Waals surface area contributed by atoms with Gasteiger partial charge in [0.05, 0.1) is 11.9 Å². The van der Waals surface area contributed by atoms with Crippen LogP contribution in [0.4, 0.5) is 0 Å². The van der Waals surface area contributed by atoms with Crippen molar-refractivity contribution in [2.45, 2.75) is 26.9 Å². The first-order chi connectivity index (χ1) is 19.4. The van der Waals surface area contributed by atoms with E-state index in [1.54, 1.807) is 12.3 Å². The van der Waals surface area contributed by atoms with Crippen LogP contribution in [-0.2, 0) is 13.1 Å². The van der Waals surface area contributed by atoms with E-state index in [4.69, 9.17) is 11.6 Å². The first-order valence-corrected chi connectivity index (χ1v) is 13.4. The number of H-pyrrole nitrogens is 1. The van der Waals surface area contributed by atoms with Crippen molar-refractivity contribution in [1.82, 2.24) is 20.1 Å². The molecule has 0 fully saturated rings. The highest BCUT2D eigenvalue weighted by molar-refractivity contribution is 6.33. The Hall–Kier alpha value is -4.68. The maximum absolute atomic E-state index is 13.4. The number of aromatic nitrogens is 3. The second-order valence-electron chi connectivity index (χ2n) is 9.83. The minimum Gasteiger partial charge on any atom is -0.347 e. The normalized spacial score (nSPS) is 10.8. The molecule has 0 saturated carbocycles. The number of nitrogens with one attached hydrogen (secondary N) is 2. The van der Waals surface area contributed by atoms with Gasteiger partial charge in [0.15, 0.2) is 5.78 Å². The summed E-state index contributed by atoms with van der Waals surface area (Å²) >= 11 is 6.49. The fraction of sp³-hybridized carbons (Fsp3) is 0.121. The lowest BCUT2D eigenvalue weighted by molar-refractivity contribution is 0.0941. The van der Waals surface area contributed by atoms with Crippen LogP contribution in [0.25, 0.3) is 22.4 Å². The highest BCUT2D eigenvalue weighted by Gasteiger charge is 2.19. The molecule has 0 atom stereocenters. The van der Waals surface area contributed by atoms with Gasteiger partial charge in [-0.2, -0.15) is 5.10 Å². The third-order valence-electron chi connectivity index (χ3n) is 6.53. The van der Waals surface area contributed by atoms with Gasteiger partial charge in [0.1, 0.15) is 5.69 Å². The second-order valence-corrected chi connectivity index (χ2v) is 10.2. The number of hydrogen-bond donors (Lipinski definition) is 2. The Morgan fingerprint density at radius 3 is 2.38 bits per heavy atom. The number of ketones is 1. The standard InChI is InChI=1S/C33H29ClN4O2/c1-22(2)16-31(39)25-14-12-24(13-15-25)20-38-21-26(17-30(38)33(40)35-18-23-8-4-3-5-9-23)32-28(19-36-37-32)27-10-6-7-11-29(27)34/h3-17,19,21H,18,20H2,1-2H3,(H,35,40)(H,36,37). The zero-order valence-electron chi connectivity index (χ0n) is 22.3. The number of allylic oxidation sites excluding steroid dienone is 2. The second kappa shape index (κ2) is 12.0. The van der Waals surface area contributed by atoms with Crippen LogP contribution in [0.3, 0.4) is 0 Å². The molecule has 3 aromatic carbocycles. The smallest absolute Gasteiger partial charge is 0.268 e. The van der Waals surface area contributed by atoms with Gasteiger partial charge >= 0.3 is 0 Å². The van der Waals surface area contributed by atoms with Crippen LogP contribution in [0.5, 0.6) is 0 Å². The molecule has 200 valence electrons. The highest BCUT2D eigenvalue weighted by Crippen LogP contribution is 2.35. The van der Waals surface area contributed by atoms with E-state index in [0.29, 0.717) is 29.4 Å². The minimum absolute atomic E-state index is 0.0258. The number of carbonyl (C=O) groups is 2. The van der Waals surface area contributed by atoms with Gasteiger partial charge in [-0.3, -0.25) is 14.7 Å². The molecule has 0 unspecified atom stereocenters. The number of amides is 1. The molecule has 0 aliphatic carbocycles. The van der Waals surface area contributed by atoms with Crippen molar-refractivity contribution in [2.24, 2.45) is 0 Å². The first kappa shape index (κ1) is 26.9. The molecule has 5 aromatic rings. The predicted molar refractivity (Wildman–Crippen MR) is 159 cm³/mol. The summed E-state index contributed by atoms with van der Waals surface area (Å²) in [5.74, 6) is -0.216. The van der Waals surface area contributed by atoms with Crippen molar-refractivity contribution in [3.8, 4) is 22.4 Å². The van der Waals surface area contributed by atoms with Gasteiger partial charge in [0.2, 0.25) is 0 Å². The molecule has 5 rings (SSSR count). The van der Waals surface area contributed by atoms with Gasteiger partial charge in [-0.15, -0.1) is 0 Å². The summed E-state index contributed by atoms with van der Waals surface area (Å²) in [4.78, 5) is 25.8. The number of aromatic amines is 1. The molecule has 2 heterocycles. The van der Waals surface area contributed by atoms with Crippen molar-refractivity contribution in [2.75, 3.05) is 0 Å². The lowest BCUT2D eigenvalue weighted by Crippen LogP contribution is -2.25. The SMILES string of the molecule is CC(C)=CC(=O)c1ccc(Cn2cc(-c3[nH]ncc3-c3ccccc3Cl)cc2C(=O)NCc2ccccc2)cc1. The van der Waals surface area contributed by atoms with E-state index in [1.807, 2.05) is 110 Å². The highest BCUT2D eigenvalue weighted by atomic mass is 35.5. The van der Waals surface area contributed by atoms with Gasteiger partial charge in [0, 0.05) is 46.6 Å². The number of benzene rings is 3. The number of nitrogens with zero attached hydrogens (tertiary/aromatic N) is 2. The Bertz CT molecular complexity index is 1680. The molecule has 0 aliphatic rings. The molecule has 7 heteroatoms. The molecule has 2 N–H and O–H groups in total. The number of rotatable bonds is 9. The van der Waals surface area contributed by atoms with Gasteiger partial charge in [-0.1, -0.05) is 90.0 Å². The van der Waals surface area contributed by atoms with Crippen molar-refractivity contribution in [1.29, 1.82) is 0 Å². The number of hydrogen-bond acceptors (Lipinski definition) is 3. The monoisotopic (exact) mass is 548 g/mol. The summed E-state index contributed by atoms with van der Waals surface area (Å²) in [7, 11) is 0. The number of halogens is 1. The molecule has 40 heavy (non-hydrogen) atoms. The van der Waals surface area contributed by atoms with Gasteiger partial charge < -0.3 is 9.88 Å². The van der Waals surface area contributed by atoms with E-state index in [2.05, 4.69) is 15.5 Å². The van der Waals surface area contributed by atoms with Crippen LogP contribution in [0.2, 0.25) is 5.02 Å². The van der Waals surface area contributed by atoms with Gasteiger partial charge in [-0.05, 0) is 43.2 Å². The summed E-state index contributed by atoms with van der Waals surface area (Å²) in [6, 6.07) is 26.7. The van der Waals surface area contributed by atoms with E-state index in [9.17, 15) is 9.59 Å². The molecule has 6 nitrogen and oxygen atoms in total. The maximum Gasteiger partial charge on any atom is 0.268 e. The summed E-state index contributed by atoms with van der Waals surface area (Å²) in [5, 5.41) is 11.0. The average molecular weight is 549 g/mol. The molecule has 0 spiro atoms. The van der Waals surface area contributed by atoms with Gasteiger partial charge in [-0.25, -0.2) is 0 Å². The van der Waals surface area contributed by atoms with Crippen LogP contribution < -0.4 is 5.32 Å². The Kier molecular flexibility index (Phi) is 8.08. The Morgan fingerprint density at radius 2 is 1.65 bits per heavy atom. The quantitative estimate of drug-likeness (QED) is 0.149. The third kappa shape index (κ3) is 6.14. The predicted octanol–water partition coefficient (Wildman–Crippen LogP) is 7.33. The average Bonchev–Trinajstić information content (AvgIpc) is 3.60. The maximum atomic E-state index is 13.4. The molecule has 0 radical (unpaired) electrons. The van der Waals surface area contributed by atoms with Crippen LogP contribution in [0, 0.1) is 0 Å². The molecule has 0 aliphatic heterocycles. The minimum atomic E-state index is -0.190. The lowest BCUT2D eigenvalue weighted by Gasteiger charge is -2.10. The van der Waals surface area contributed by atoms with E-state index >= 15 is 0 Å². The fourth-order valence-corrected chi connectivity index (χ4v) is 4.78. The van der Waals surface area contributed by atoms with E-state index in [1.165, 1.54) is 0 Å². The largest absolute Gasteiger partial charge is 0.347 e. The van der Waals surface area contributed by atoms with Crippen molar-refractivity contribution in [3.05, 3.63) is 136 Å². The number of carbonyl (C=O) groups excluding carboxylic acids is 2. The van der Waals surface area contributed by atoms with Crippen LogP contribution in [0.1, 0.15) is 45.8 Å².